The first-order valence-corrected chi connectivity index (χ1v) is 16.2. The lowest BCUT2D eigenvalue weighted by molar-refractivity contribution is -0.206. The molecular formula is C34H57NO4. The molecule has 6 aliphatic rings. The molecule has 6 rings (SSSR count). The third kappa shape index (κ3) is 4.22. The van der Waals surface area contributed by atoms with Gasteiger partial charge in [-0.05, 0) is 109 Å². The van der Waals surface area contributed by atoms with Crippen LogP contribution in [-0.4, -0.2) is 48.6 Å². The van der Waals surface area contributed by atoms with Crippen molar-refractivity contribution in [2.45, 2.75) is 112 Å². The van der Waals surface area contributed by atoms with Gasteiger partial charge in [-0.3, -0.25) is 4.79 Å². The zero-order valence-electron chi connectivity index (χ0n) is 25.9. The number of aliphatic hydroxyl groups excluding tert-OH is 1. The SMILES string of the molecule is C1COCCN1.C[C@H]1[C@H](C)CC[C@]2(C(=O)O)CC[C@]3(C)C(=CC[C@@H]4[C@@]5(C)CC[C@H](O)C(C)(C)[C@@H]5CC[C@]43C)[C@H]12. The van der Waals surface area contributed by atoms with Crippen LogP contribution in [0.1, 0.15) is 106 Å². The van der Waals surface area contributed by atoms with E-state index in [4.69, 9.17) is 4.74 Å². The largest absolute Gasteiger partial charge is 0.481 e. The summed E-state index contributed by atoms with van der Waals surface area (Å²) >= 11 is 0. The van der Waals surface area contributed by atoms with E-state index in [-0.39, 0.29) is 33.7 Å². The van der Waals surface area contributed by atoms with E-state index in [2.05, 4.69) is 59.9 Å². The molecule has 0 aromatic rings. The molecule has 3 N–H and O–H groups in total. The molecule has 10 atom stereocenters. The molecule has 5 nitrogen and oxygen atoms in total. The zero-order chi connectivity index (χ0) is 28.4. The highest BCUT2D eigenvalue weighted by atomic mass is 16.5. The normalized spacial score (nSPS) is 50.5. The van der Waals surface area contributed by atoms with Crippen molar-refractivity contribution in [3.8, 4) is 0 Å². The number of allylic oxidation sites excluding steroid dienone is 2. The Labute approximate surface area is 237 Å². The lowest BCUT2D eigenvalue weighted by atomic mass is 9.33. The molecule has 5 fully saturated rings. The maximum absolute atomic E-state index is 12.8. The Hall–Kier alpha value is -0.910. The molecule has 0 spiro atoms. The minimum atomic E-state index is -0.557. The molecule has 1 aliphatic heterocycles. The number of carbonyl (C=O) groups is 1. The predicted molar refractivity (Wildman–Crippen MR) is 156 cm³/mol. The Morgan fingerprint density at radius 2 is 1.62 bits per heavy atom. The molecule has 0 aromatic carbocycles. The van der Waals surface area contributed by atoms with E-state index in [1.807, 2.05) is 0 Å². The second kappa shape index (κ2) is 10.1. The van der Waals surface area contributed by atoms with Crippen molar-refractivity contribution in [1.29, 1.82) is 0 Å². The summed E-state index contributed by atoms with van der Waals surface area (Å²) in [5.74, 6) is 1.82. The van der Waals surface area contributed by atoms with Crippen LogP contribution in [0.5, 0.6) is 0 Å². The number of aliphatic hydroxyl groups is 1. The second-order valence-electron chi connectivity index (χ2n) is 15.8. The highest BCUT2D eigenvalue weighted by molar-refractivity contribution is 5.76. The van der Waals surface area contributed by atoms with Gasteiger partial charge in [0.25, 0.3) is 0 Å². The van der Waals surface area contributed by atoms with Crippen LogP contribution in [0.3, 0.4) is 0 Å². The quantitative estimate of drug-likeness (QED) is 0.321. The van der Waals surface area contributed by atoms with Gasteiger partial charge in [0.1, 0.15) is 0 Å². The van der Waals surface area contributed by atoms with E-state index in [1.54, 1.807) is 0 Å². The summed E-state index contributed by atoms with van der Waals surface area (Å²) in [4.78, 5) is 12.8. The summed E-state index contributed by atoms with van der Waals surface area (Å²) in [6.45, 7) is 20.8. The molecule has 0 radical (unpaired) electrons. The fourth-order valence-electron chi connectivity index (χ4n) is 11.4. The van der Waals surface area contributed by atoms with Crippen molar-refractivity contribution in [2.24, 2.45) is 56.7 Å². The summed E-state index contributed by atoms with van der Waals surface area (Å²) in [6.07, 6.45) is 11.6. The average molecular weight is 544 g/mol. The van der Waals surface area contributed by atoms with Crippen molar-refractivity contribution in [3.05, 3.63) is 11.6 Å². The van der Waals surface area contributed by atoms with Crippen molar-refractivity contribution in [3.63, 3.8) is 0 Å². The smallest absolute Gasteiger partial charge is 0.310 e. The third-order valence-corrected chi connectivity index (χ3v) is 14.2. The summed E-state index contributed by atoms with van der Waals surface area (Å²) < 4.78 is 5.01. The number of hydrogen-bond acceptors (Lipinski definition) is 4. The number of carboxylic acid groups (broad SMARTS) is 1. The van der Waals surface area contributed by atoms with Crippen LogP contribution >= 0.6 is 0 Å². The second-order valence-corrected chi connectivity index (χ2v) is 15.8. The van der Waals surface area contributed by atoms with Crippen molar-refractivity contribution < 1.29 is 19.7 Å². The number of ether oxygens (including phenoxy) is 1. The molecule has 0 bridgehead atoms. The summed E-state index contributed by atoms with van der Waals surface area (Å²) in [6, 6.07) is 0. The van der Waals surface area contributed by atoms with Crippen LogP contribution in [0.2, 0.25) is 0 Å². The van der Waals surface area contributed by atoms with Gasteiger partial charge in [0.2, 0.25) is 0 Å². The molecule has 0 aromatic heterocycles. The van der Waals surface area contributed by atoms with Crippen LogP contribution in [0.4, 0.5) is 0 Å². The molecule has 39 heavy (non-hydrogen) atoms. The molecule has 5 aliphatic carbocycles. The van der Waals surface area contributed by atoms with Crippen molar-refractivity contribution >= 4 is 5.97 Å². The van der Waals surface area contributed by atoms with E-state index in [1.165, 1.54) is 18.4 Å². The van der Waals surface area contributed by atoms with E-state index in [0.29, 0.717) is 23.7 Å². The van der Waals surface area contributed by atoms with Crippen LogP contribution in [0.25, 0.3) is 0 Å². The minimum absolute atomic E-state index is 0.0302. The first-order chi connectivity index (χ1) is 18.3. The molecular weight excluding hydrogens is 486 g/mol. The van der Waals surface area contributed by atoms with Gasteiger partial charge in [0.05, 0.1) is 24.7 Å². The van der Waals surface area contributed by atoms with E-state index in [9.17, 15) is 15.0 Å². The van der Waals surface area contributed by atoms with Crippen molar-refractivity contribution in [2.75, 3.05) is 26.3 Å². The number of hydrogen-bond donors (Lipinski definition) is 3. The van der Waals surface area contributed by atoms with Crippen LogP contribution in [0.15, 0.2) is 11.6 Å². The number of nitrogens with one attached hydrogen (secondary N) is 1. The molecule has 0 amide bonds. The van der Waals surface area contributed by atoms with Crippen LogP contribution < -0.4 is 5.32 Å². The standard InChI is InChI=1S/C30H48O3.C4H9NO/c1-18-10-15-30(25(32)33)17-16-28(6)20(24(30)19(18)2)8-9-22-27(5)13-12-23(31)26(3,4)21(27)11-14-29(22,28)7;1-3-6-4-2-5-1/h8,18-19,21-24,31H,9-17H2,1-7H3,(H,32,33);5H,1-4H2/t18-,19+,21+,22-,23+,24+,27+,28-,29-,30+;/m1./s1. The first kappa shape index (κ1) is 29.6. The summed E-state index contributed by atoms with van der Waals surface area (Å²) in [7, 11) is 0. The molecule has 1 saturated heterocycles. The number of fused-ring (bicyclic) bond motifs is 7. The predicted octanol–water partition coefficient (Wildman–Crippen LogP) is 6.70. The Balaban J connectivity index is 0.000000455. The van der Waals surface area contributed by atoms with Gasteiger partial charge in [-0.1, -0.05) is 60.1 Å². The zero-order valence-corrected chi connectivity index (χ0v) is 25.9. The van der Waals surface area contributed by atoms with E-state index in [0.717, 1.165) is 71.2 Å². The number of morpholine rings is 1. The molecule has 0 unspecified atom stereocenters. The Morgan fingerprint density at radius 1 is 0.923 bits per heavy atom. The van der Waals surface area contributed by atoms with E-state index < -0.39 is 11.4 Å². The Bertz CT molecular complexity index is 961. The lowest BCUT2D eigenvalue weighted by Crippen LogP contribution is -2.65. The third-order valence-electron chi connectivity index (χ3n) is 14.2. The maximum atomic E-state index is 12.8. The topological polar surface area (TPSA) is 78.8 Å². The molecule has 1 heterocycles. The van der Waals surface area contributed by atoms with E-state index >= 15 is 0 Å². The molecule has 222 valence electrons. The van der Waals surface area contributed by atoms with Crippen molar-refractivity contribution in [1.82, 2.24) is 5.32 Å². The molecule has 4 saturated carbocycles. The van der Waals surface area contributed by atoms with Gasteiger partial charge < -0.3 is 20.3 Å². The number of rotatable bonds is 1. The summed E-state index contributed by atoms with van der Waals surface area (Å²) in [5.41, 5.74) is 1.46. The number of carboxylic acids is 1. The number of aliphatic carboxylic acids is 1. The van der Waals surface area contributed by atoms with Gasteiger partial charge >= 0.3 is 5.97 Å². The fourth-order valence-corrected chi connectivity index (χ4v) is 11.4. The first-order valence-electron chi connectivity index (χ1n) is 16.2. The highest BCUT2D eigenvalue weighted by Gasteiger charge is 2.69. The minimum Gasteiger partial charge on any atom is -0.481 e. The fraction of sp³-hybridized carbons (Fsp3) is 0.912. The Kier molecular flexibility index (Phi) is 7.68. The van der Waals surface area contributed by atoms with Crippen LogP contribution in [-0.2, 0) is 9.53 Å². The lowest BCUT2D eigenvalue weighted by Gasteiger charge is -2.71. The van der Waals surface area contributed by atoms with Gasteiger partial charge in [0, 0.05) is 13.1 Å². The molecule has 5 heteroatoms. The Morgan fingerprint density at radius 3 is 2.21 bits per heavy atom. The highest BCUT2D eigenvalue weighted by Crippen LogP contribution is 2.75. The van der Waals surface area contributed by atoms with Crippen LogP contribution in [0, 0.1) is 56.7 Å². The maximum Gasteiger partial charge on any atom is 0.310 e. The monoisotopic (exact) mass is 543 g/mol. The van der Waals surface area contributed by atoms with Gasteiger partial charge in [-0.25, -0.2) is 0 Å². The van der Waals surface area contributed by atoms with Gasteiger partial charge in [0.15, 0.2) is 0 Å². The van der Waals surface area contributed by atoms with Gasteiger partial charge in [-0.15, -0.1) is 0 Å². The van der Waals surface area contributed by atoms with Gasteiger partial charge in [-0.2, -0.15) is 0 Å². The average Bonchev–Trinajstić information content (AvgIpc) is 2.90. The summed E-state index contributed by atoms with van der Waals surface area (Å²) in [5, 5.41) is 24.6.